The first kappa shape index (κ1) is 26.2. The van der Waals surface area contributed by atoms with Crippen LogP contribution in [-0.4, -0.2) is 30.7 Å². The van der Waals surface area contributed by atoms with Gasteiger partial charge in [0.05, 0.1) is 22.5 Å². The minimum atomic E-state index is -3.98. The van der Waals surface area contributed by atoms with Crippen LogP contribution in [0.15, 0.2) is 102 Å². The molecule has 0 radical (unpaired) electrons. The number of aromatic nitrogens is 2. The molecule has 5 rings (SSSR count). The summed E-state index contributed by atoms with van der Waals surface area (Å²) >= 11 is 0. The third kappa shape index (κ3) is 5.86. The van der Waals surface area contributed by atoms with Crippen molar-refractivity contribution in [2.45, 2.75) is 31.6 Å². The van der Waals surface area contributed by atoms with Crippen molar-refractivity contribution in [3.63, 3.8) is 0 Å². The lowest BCUT2D eigenvalue weighted by atomic mass is 10.1. The van der Waals surface area contributed by atoms with Crippen LogP contribution in [0.4, 0.5) is 4.79 Å². The van der Waals surface area contributed by atoms with E-state index in [4.69, 9.17) is 9.72 Å². The summed E-state index contributed by atoms with van der Waals surface area (Å²) in [5.74, 6) is 0.970. The van der Waals surface area contributed by atoms with Crippen LogP contribution >= 0.6 is 0 Å². The van der Waals surface area contributed by atoms with Gasteiger partial charge >= 0.3 is 6.09 Å². The largest absolute Gasteiger partial charge is 0.448 e. The maximum absolute atomic E-state index is 12.4. The van der Waals surface area contributed by atoms with E-state index in [9.17, 15) is 13.2 Å². The van der Waals surface area contributed by atoms with Crippen LogP contribution in [0.3, 0.4) is 0 Å². The molecule has 39 heavy (non-hydrogen) atoms. The first-order valence-corrected chi connectivity index (χ1v) is 14.2. The van der Waals surface area contributed by atoms with Crippen molar-refractivity contribution in [1.29, 1.82) is 0 Å². The molecule has 0 spiro atoms. The third-order valence-electron chi connectivity index (χ3n) is 6.51. The highest BCUT2D eigenvalue weighted by molar-refractivity contribution is 7.90. The summed E-state index contributed by atoms with van der Waals surface area (Å²) < 4.78 is 33.9. The van der Waals surface area contributed by atoms with Crippen LogP contribution in [0.2, 0.25) is 0 Å². The molecule has 7 nitrogen and oxygen atoms in total. The Bertz CT molecular complexity index is 1710. The Labute approximate surface area is 228 Å². The highest BCUT2D eigenvalue weighted by atomic mass is 32.2. The van der Waals surface area contributed by atoms with Gasteiger partial charge in [0.1, 0.15) is 5.82 Å². The fourth-order valence-corrected chi connectivity index (χ4v) is 5.34. The minimum Gasteiger partial charge on any atom is -0.448 e. The van der Waals surface area contributed by atoms with Gasteiger partial charge in [0.2, 0.25) is 0 Å². The fourth-order valence-electron chi connectivity index (χ4n) is 4.45. The Morgan fingerprint density at radius 1 is 0.897 bits per heavy atom. The summed E-state index contributed by atoms with van der Waals surface area (Å²) in [5, 5.41) is 0. The minimum absolute atomic E-state index is 0.00963. The van der Waals surface area contributed by atoms with E-state index in [0.717, 1.165) is 51.2 Å². The van der Waals surface area contributed by atoms with E-state index in [1.54, 1.807) is 12.1 Å². The molecule has 0 atom stereocenters. The molecule has 0 unspecified atom stereocenters. The van der Waals surface area contributed by atoms with Gasteiger partial charge in [0, 0.05) is 18.5 Å². The number of ether oxygens (including phenoxy) is 1. The predicted molar refractivity (Wildman–Crippen MR) is 152 cm³/mol. The van der Waals surface area contributed by atoms with Gasteiger partial charge in [0.25, 0.3) is 10.0 Å². The molecule has 1 aromatic heterocycles. The molecule has 5 aromatic rings. The first-order valence-electron chi connectivity index (χ1n) is 12.8. The molecule has 1 amide bonds. The first-order chi connectivity index (χ1) is 18.8. The molecular formula is C31H29N3O4S. The van der Waals surface area contributed by atoms with Gasteiger partial charge in [-0.15, -0.1) is 0 Å². The molecule has 0 saturated heterocycles. The summed E-state index contributed by atoms with van der Waals surface area (Å²) in [6.07, 6.45) is 0.231. The van der Waals surface area contributed by atoms with E-state index in [2.05, 4.69) is 41.8 Å². The zero-order chi connectivity index (χ0) is 27.4. The number of rotatable bonds is 8. The van der Waals surface area contributed by atoms with Crippen LogP contribution in [0, 0.1) is 6.92 Å². The summed E-state index contributed by atoms with van der Waals surface area (Å²) in [6.45, 7) is 3.99. The van der Waals surface area contributed by atoms with Crippen molar-refractivity contribution in [3.8, 4) is 16.8 Å². The number of hydrogen-bond acceptors (Lipinski definition) is 5. The molecule has 4 aromatic carbocycles. The normalized spacial score (nSPS) is 11.4. The number of aryl methyl sites for hydroxylation is 2. The highest BCUT2D eigenvalue weighted by Crippen LogP contribution is 2.27. The smallest absolute Gasteiger partial charge is 0.421 e. The van der Waals surface area contributed by atoms with Gasteiger partial charge in [0.15, 0.2) is 0 Å². The number of nitrogens with zero attached hydrogens (tertiary/aromatic N) is 2. The van der Waals surface area contributed by atoms with Crippen LogP contribution in [-0.2, 0) is 27.6 Å². The van der Waals surface area contributed by atoms with Crippen LogP contribution in [0.5, 0.6) is 0 Å². The molecule has 1 heterocycles. The van der Waals surface area contributed by atoms with Gasteiger partial charge in [-0.3, -0.25) is 4.57 Å². The van der Waals surface area contributed by atoms with Gasteiger partial charge < -0.3 is 4.74 Å². The average molecular weight is 540 g/mol. The van der Waals surface area contributed by atoms with Crippen molar-refractivity contribution in [2.24, 2.45) is 0 Å². The molecular weight excluding hydrogens is 510 g/mol. The Kier molecular flexibility index (Phi) is 7.47. The second kappa shape index (κ2) is 11.1. The monoisotopic (exact) mass is 539 g/mol. The van der Waals surface area contributed by atoms with Crippen molar-refractivity contribution in [3.05, 3.63) is 114 Å². The quantitative estimate of drug-likeness (QED) is 0.253. The Balaban J connectivity index is 1.25. The van der Waals surface area contributed by atoms with E-state index >= 15 is 0 Å². The standard InChI is InChI=1S/C31H29N3O4S/c1-3-30-32-28-21-25(24-7-5-4-6-8-24)13-18-29(28)34(30)26-14-11-23(12-15-26)19-20-38-31(35)33-39(36,37)27-16-9-22(2)10-17-27/h4-18,21H,3,19-20H2,1-2H3,(H,33,35). The van der Waals surface area contributed by atoms with Gasteiger partial charge in [-0.2, -0.15) is 0 Å². The molecule has 0 aliphatic rings. The molecule has 0 bridgehead atoms. The molecule has 0 aliphatic carbocycles. The van der Waals surface area contributed by atoms with Gasteiger partial charge in [-0.1, -0.05) is 73.2 Å². The summed E-state index contributed by atoms with van der Waals surface area (Å²) in [6, 6.07) is 30.8. The van der Waals surface area contributed by atoms with E-state index in [1.165, 1.54) is 12.1 Å². The van der Waals surface area contributed by atoms with Crippen molar-refractivity contribution in [2.75, 3.05) is 6.61 Å². The topological polar surface area (TPSA) is 90.3 Å². The van der Waals surface area contributed by atoms with Gasteiger partial charge in [-0.25, -0.2) is 22.9 Å². The number of amides is 1. The van der Waals surface area contributed by atoms with Crippen LogP contribution < -0.4 is 4.72 Å². The van der Waals surface area contributed by atoms with Gasteiger partial charge in [-0.05, 0) is 60.0 Å². The maximum Gasteiger partial charge on any atom is 0.421 e. The van der Waals surface area contributed by atoms with E-state index in [0.29, 0.717) is 6.42 Å². The zero-order valence-corrected chi connectivity index (χ0v) is 22.6. The maximum atomic E-state index is 12.4. The number of nitrogens with one attached hydrogen (secondary N) is 1. The van der Waals surface area contributed by atoms with Crippen LogP contribution in [0.25, 0.3) is 27.8 Å². The third-order valence-corrected chi connectivity index (χ3v) is 7.84. The highest BCUT2D eigenvalue weighted by Gasteiger charge is 2.18. The van der Waals surface area contributed by atoms with Crippen molar-refractivity contribution in [1.82, 2.24) is 14.3 Å². The number of carbonyl (C=O) groups excluding carboxylic acids is 1. The lowest BCUT2D eigenvalue weighted by Gasteiger charge is -2.11. The SMILES string of the molecule is CCc1nc2cc(-c3ccccc3)ccc2n1-c1ccc(CCOC(=O)NS(=O)(=O)c2ccc(C)cc2)cc1. The number of fused-ring (bicyclic) bond motifs is 1. The summed E-state index contributed by atoms with van der Waals surface area (Å²) in [7, 11) is -3.98. The lowest BCUT2D eigenvalue weighted by Crippen LogP contribution is -2.31. The van der Waals surface area contributed by atoms with Crippen LogP contribution in [0.1, 0.15) is 23.9 Å². The molecule has 1 N–H and O–H groups in total. The van der Waals surface area contributed by atoms with E-state index in [1.807, 2.05) is 54.1 Å². The predicted octanol–water partition coefficient (Wildman–Crippen LogP) is 6.22. The molecule has 198 valence electrons. The molecule has 8 heteroatoms. The number of sulfonamides is 1. The molecule has 0 fully saturated rings. The average Bonchev–Trinajstić information content (AvgIpc) is 3.32. The Morgan fingerprint density at radius 2 is 1.62 bits per heavy atom. The van der Waals surface area contributed by atoms with Crippen molar-refractivity contribution >= 4 is 27.1 Å². The summed E-state index contributed by atoms with van der Waals surface area (Å²) in [5.41, 5.74) is 7.13. The lowest BCUT2D eigenvalue weighted by molar-refractivity contribution is 0.154. The second-order valence-electron chi connectivity index (χ2n) is 9.26. The summed E-state index contributed by atoms with van der Waals surface area (Å²) in [4.78, 5) is 17.0. The number of imidazole rings is 1. The molecule has 0 aliphatic heterocycles. The Morgan fingerprint density at radius 3 is 2.31 bits per heavy atom. The number of benzene rings is 4. The molecule has 0 saturated carbocycles. The van der Waals surface area contributed by atoms with E-state index in [-0.39, 0.29) is 11.5 Å². The second-order valence-corrected chi connectivity index (χ2v) is 10.9. The van der Waals surface area contributed by atoms with E-state index < -0.39 is 16.1 Å². The fraction of sp³-hybridized carbons (Fsp3) is 0.161. The van der Waals surface area contributed by atoms with Crippen molar-refractivity contribution < 1.29 is 17.9 Å². The number of hydrogen-bond donors (Lipinski definition) is 1. The number of carbonyl (C=O) groups is 1. The zero-order valence-electron chi connectivity index (χ0n) is 21.8. The Hall–Kier alpha value is -4.43.